The van der Waals surface area contributed by atoms with E-state index in [1.165, 1.54) is 28.6 Å². The summed E-state index contributed by atoms with van der Waals surface area (Å²) in [7, 11) is 1.82. The van der Waals surface area contributed by atoms with Crippen LogP contribution >= 0.6 is 22.9 Å². The number of aryl methyl sites for hydroxylation is 1. The van der Waals surface area contributed by atoms with Gasteiger partial charge in [-0.15, -0.1) is 11.3 Å². The number of carbonyl (C=O) groups is 1. The highest BCUT2D eigenvalue weighted by Gasteiger charge is 2.17. The second-order valence-electron chi connectivity index (χ2n) is 5.17. The third kappa shape index (κ3) is 4.75. The van der Waals surface area contributed by atoms with E-state index in [0.717, 1.165) is 0 Å². The van der Waals surface area contributed by atoms with Crippen molar-refractivity contribution < 1.29 is 9.72 Å². The molecule has 0 saturated carbocycles. The van der Waals surface area contributed by atoms with Crippen LogP contribution in [0.4, 0.5) is 11.4 Å². The van der Waals surface area contributed by atoms with Crippen LogP contribution < -0.4 is 5.32 Å². The van der Waals surface area contributed by atoms with Gasteiger partial charge in [-0.3, -0.25) is 19.8 Å². The number of amides is 1. The van der Waals surface area contributed by atoms with E-state index >= 15 is 0 Å². The fourth-order valence-electron chi connectivity index (χ4n) is 2.07. The highest BCUT2D eigenvalue weighted by Crippen LogP contribution is 2.27. The summed E-state index contributed by atoms with van der Waals surface area (Å²) in [5.41, 5.74) is 1.11. The van der Waals surface area contributed by atoms with Gasteiger partial charge in [-0.05, 0) is 43.1 Å². The molecule has 2 rings (SSSR count). The lowest BCUT2D eigenvalue weighted by molar-refractivity contribution is -0.383. The van der Waals surface area contributed by atoms with Crippen LogP contribution in [0, 0.1) is 17.0 Å². The third-order valence-electron chi connectivity index (χ3n) is 3.22. The molecule has 0 fully saturated rings. The van der Waals surface area contributed by atoms with Crippen LogP contribution in [0.5, 0.6) is 0 Å². The number of anilines is 1. The first-order valence-electron chi connectivity index (χ1n) is 6.82. The number of thiophene rings is 1. The molecule has 1 aromatic heterocycles. The fourth-order valence-corrected chi connectivity index (χ4v) is 3.23. The Morgan fingerprint density at radius 3 is 2.78 bits per heavy atom. The van der Waals surface area contributed by atoms with Gasteiger partial charge >= 0.3 is 0 Å². The van der Waals surface area contributed by atoms with Crippen LogP contribution in [0.15, 0.2) is 29.6 Å². The van der Waals surface area contributed by atoms with Gasteiger partial charge in [0, 0.05) is 22.5 Å². The fraction of sp³-hybridized carbons (Fsp3) is 0.267. The molecule has 122 valence electrons. The smallest absolute Gasteiger partial charge is 0.292 e. The molecule has 0 unspecified atom stereocenters. The Morgan fingerprint density at radius 2 is 2.17 bits per heavy atom. The van der Waals surface area contributed by atoms with Crippen LogP contribution in [-0.2, 0) is 11.3 Å². The summed E-state index contributed by atoms with van der Waals surface area (Å²) < 4.78 is 0. The normalized spacial score (nSPS) is 10.8. The van der Waals surface area contributed by atoms with Crippen molar-refractivity contribution in [2.75, 3.05) is 18.9 Å². The summed E-state index contributed by atoms with van der Waals surface area (Å²) in [6.07, 6.45) is 0. The molecule has 1 heterocycles. The van der Waals surface area contributed by atoms with E-state index in [1.54, 1.807) is 11.3 Å². The summed E-state index contributed by atoms with van der Waals surface area (Å²) >= 11 is 7.48. The molecule has 1 amide bonds. The summed E-state index contributed by atoms with van der Waals surface area (Å²) in [5, 5.41) is 15.9. The Balaban J connectivity index is 2.01. The van der Waals surface area contributed by atoms with E-state index < -0.39 is 4.92 Å². The first-order chi connectivity index (χ1) is 10.9. The number of nitro groups is 1. The van der Waals surface area contributed by atoms with Gasteiger partial charge in [0.25, 0.3) is 5.69 Å². The number of halogens is 1. The highest BCUT2D eigenvalue weighted by atomic mass is 35.5. The van der Waals surface area contributed by atoms with Crippen molar-refractivity contribution >= 4 is 40.2 Å². The van der Waals surface area contributed by atoms with Crippen molar-refractivity contribution in [3.05, 3.63) is 55.2 Å². The Labute approximate surface area is 142 Å². The van der Waals surface area contributed by atoms with Crippen LogP contribution in [-0.4, -0.2) is 29.3 Å². The lowest BCUT2D eigenvalue weighted by Gasteiger charge is -2.16. The maximum atomic E-state index is 12.1. The van der Waals surface area contributed by atoms with E-state index in [1.807, 2.05) is 30.3 Å². The largest absolute Gasteiger partial charge is 0.319 e. The van der Waals surface area contributed by atoms with E-state index in [0.29, 0.717) is 11.6 Å². The standard InChI is InChI=1S/C15H16ClN3O3S/c1-10-5-6-23-14(10)8-18(2)9-15(20)17-12-7-11(16)3-4-13(12)19(21)22/h3-7H,8-9H2,1-2H3,(H,17,20). The van der Waals surface area contributed by atoms with Gasteiger partial charge in [0.1, 0.15) is 5.69 Å². The Kier molecular flexibility index (Phi) is 5.70. The number of nitrogens with one attached hydrogen (secondary N) is 1. The first-order valence-corrected chi connectivity index (χ1v) is 8.08. The number of hydrogen-bond acceptors (Lipinski definition) is 5. The molecule has 6 nitrogen and oxygen atoms in total. The zero-order valence-electron chi connectivity index (χ0n) is 12.7. The minimum absolute atomic E-state index is 0.105. The number of likely N-dealkylation sites (N-methyl/N-ethyl adjacent to an activating group) is 1. The van der Waals surface area contributed by atoms with Crippen LogP contribution in [0.1, 0.15) is 10.4 Å². The average Bonchev–Trinajstić information content (AvgIpc) is 2.83. The van der Waals surface area contributed by atoms with Crippen LogP contribution in [0.3, 0.4) is 0 Å². The molecule has 0 atom stereocenters. The Bertz CT molecular complexity index is 733. The van der Waals surface area contributed by atoms with Gasteiger partial charge in [0.2, 0.25) is 5.91 Å². The van der Waals surface area contributed by atoms with Gasteiger partial charge < -0.3 is 5.32 Å². The van der Waals surface area contributed by atoms with Crippen LogP contribution in [0.2, 0.25) is 5.02 Å². The molecule has 0 radical (unpaired) electrons. The third-order valence-corrected chi connectivity index (χ3v) is 4.47. The highest BCUT2D eigenvalue weighted by molar-refractivity contribution is 7.10. The average molecular weight is 354 g/mol. The SMILES string of the molecule is Cc1ccsc1CN(C)CC(=O)Nc1cc(Cl)ccc1[N+](=O)[O-]. The number of carbonyl (C=O) groups excluding carboxylic acids is 1. The number of benzene rings is 1. The molecule has 0 aliphatic heterocycles. The van der Waals surface area contributed by atoms with Crippen LogP contribution in [0.25, 0.3) is 0 Å². The summed E-state index contributed by atoms with van der Waals surface area (Å²) in [6.45, 7) is 2.80. The number of rotatable bonds is 6. The molecule has 0 bridgehead atoms. The molecule has 1 aromatic carbocycles. The van der Waals surface area contributed by atoms with E-state index in [4.69, 9.17) is 11.6 Å². The molecule has 0 aliphatic rings. The van der Waals surface area contributed by atoms with Gasteiger partial charge in [-0.1, -0.05) is 11.6 Å². The van der Waals surface area contributed by atoms with Gasteiger partial charge in [0.15, 0.2) is 0 Å². The van der Waals surface area contributed by atoms with E-state index in [2.05, 4.69) is 5.32 Å². The van der Waals surface area contributed by atoms with Crippen molar-refractivity contribution in [2.45, 2.75) is 13.5 Å². The van der Waals surface area contributed by atoms with Crippen molar-refractivity contribution in [1.82, 2.24) is 4.90 Å². The van der Waals surface area contributed by atoms with Gasteiger partial charge in [0.05, 0.1) is 11.5 Å². The monoisotopic (exact) mass is 353 g/mol. The minimum Gasteiger partial charge on any atom is -0.319 e. The summed E-state index contributed by atoms with van der Waals surface area (Å²) in [4.78, 5) is 25.6. The number of hydrogen-bond donors (Lipinski definition) is 1. The second kappa shape index (κ2) is 7.54. The maximum Gasteiger partial charge on any atom is 0.292 e. The van der Waals surface area contributed by atoms with Gasteiger partial charge in [-0.2, -0.15) is 0 Å². The lowest BCUT2D eigenvalue weighted by atomic mass is 10.2. The number of nitrogens with zero attached hydrogens (tertiary/aromatic N) is 2. The maximum absolute atomic E-state index is 12.1. The Morgan fingerprint density at radius 1 is 1.43 bits per heavy atom. The lowest BCUT2D eigenvalue weighted by Crippen LogP contribution is -2.30. The van der Waals surface area contributed by atoms with Crippen molar-refractivity contribution in [2.24, 2.45) is 0 Å². The van der Waals surface area contributed by atoms with E-state index in [-0.39, 0.29) is 23.8 Å². The second-order valence-corrected chi connectivity index (χ2v) is 6.60. The molecule has 0 aliphatic carbocycles. The summed E-state index contributed by atoms with van der Waals surface area (Å²) in [6, 6.07) is 6.10. The first kappa shape index (κ1) is 17.4. The molecule has 23 heavy (non-hydrogen) atoms. The Hall–Kier alpha value is -1.96. The molecular formula is C15H16ClN3O3S. The molecule has 0 saturated heterocycles. The quantitative estimate of drug-likeness (QED) is 0.634. The predicted octanol–water partition coefficient (Wildman–Crippen LogP) is 3.69. The zero-order valence-corrected chi connectivity index (χ0v) is 14.3. The summed E-state index contributed by atoms with van der Waals surface area (Å²) in [5.74, 6) is -0.327. The van der Waals surface area contributed by atoms with Gasteiger partial charge in [-0.25, -0.2) is 0 Å². The van der Waals surface area contributed by atoms with Crippen molar-refractivity contribution in [3.8, 4) is 0 Å². The minimum atomic E-state index is -0.551. The zero-order chi connectivity index (χ0) is 17.0. The topological polar surface area (TPSA) is 75.5 Å². The molecule has 0 spiro atoms. The predicted molar refractivity (Wildman–Crippen MR) is 92.1 cm³/mol. The van der Waals surface area contributed by atoms with E-state index in [9.17, 15) is 14.9 Å². The molecular weight excluding hydrogens is 338 g/mol. The van der Waals surface area contributed by atoms with Crippen molar-refractivity contribution in [1.29, 1.82) is 0 Å². The molecule has 1 N–H and O–H groups in total. The molecule has 8 heteroatoms. The van der Waals surface area contributed by atoms with Crippen molar-refractivity contribution in [3.63, 3.8) is 0 Å². The molecule has 2 aromatic rings. The number of nitro benzene ring substituents is 1.